The number of hydrogen-bond acceptors (Lipinski definition) is 4. The van der Waals surface area contributed by atoms with Gasteiger partial charge in [-0.2, -0.15) is 0 Å². The van der Waals surface area contributed by atoms with Gasteiger partial charge in [-0.3, -0.25) is 15.1 Å². The van der Waals surface area contributed by atoms with E-state index in [0.29, 0.717) is 29.2 Å². The van der Waals surface area contributed by atoms with E-state index in [1.54, 1.807) is 6.42 Å². The summed E-state index contributed by atoms with van der Waals surface area (Å²) in [6, 6.07) is 4.82. The van der Waals surface area contributed by atoms with Crippen molar-refractivity contribution in [3.63, 3.8) is 0 Å². The first-order valence-corrected chi connectivity index (χ1v) is 21.3. The number of morpholine rings is 1. The molecule has 0 aromatic carbocycles. The SMILES string of the molecule is CC1CCCC2C1C1NC3CC4C(C5B6C7CCCC8OC9CCCC%10C%11C(C)C2C(C6C%11N(C87)C9%10)N1C35)C1(C)CCC4(C)CC1. The molecule has 6 aliphatic heterocycles. The molecule has 14 rings (SSSR count). The fourth-order valence-electron chi connectivity index (χ4n) is 19.9. The van der Waals surface area contributed by atoms with E-state index in [9.17, 15) is 0 Å². The Bertz CT molecular complexity index is 1350. The van der Waals surface area contributed by atoms with Gasteiger partial charge in [-0.25, -0.2) is 0 Å². The Morgan fingerprint density at radius 3 is 2.22 bits per heavy atom. The third-order valence-corrected chi connectivity index (χ3v) is 20.7. The zero-order valence-corrected chi connectivity index (χ0v) is 29.4. The van der Waals surface area contributed by atoms with Gasteiger partial charge < -0.3 is 4.74 Å². The van der Waals surface area contributed by atoms with Crippen molar-refractivity contribution < 1.29 is 4.74 Å². The minimum absolute atomic E-state index is 0.542. The van der Waals surface area contributed by atoms with Gasteiger partial charge >= 0.3 is 0 Å². The van der Waals surface area contributed by atoms with Gasteiger partial charge in [0, 0.05) is 36.3 Å². The van der Waals surface area contributed by atoms with Gasteiger partial charge in [0.25, 0.3) is 0 Å². The van der Waals surface area contributed by atoms with Crippen LogP contribution in [0.25, 0.3) is 0 Å². The van der Waals surface area contributed by atoms with Crippen molar-refractivity contribution in [2.24, 2.45) is 64.1 Å². The van der Waals surface area contributed by atoms with Crippen LogP contribution in [-0.4, -0.2) is 71.1 Å². The van der Waals surface area contributed by atoms with E-state index >= 15 is 0 Å². The first kappa shape index (κ1) is 27.6. The van der Waals surface area contributed by atoms with Crippen LogP contribution in [0.15, 0.2) is 0 Å². The van der Waals surface area contributed by atoms with Crippen molar-refractivity contribution in [1.29, 1.82) is 0 Å². The first-order chi connectivity index (χ1) is 22.4. The van der Waals surface area contributed by atoms with Crippen molar-refractivity contribution in [2.75, 3.05) is 0 Å². The standard InChI is InChI=1S/C41H62BN3O/c1-19-8-5-9-21-28(19)39-43-25-18-23-31(41(4)16-14-40(23,3)15-17-41)32-36(25)45(39)38-29(21)20(2)30-22-10-6-12-26-34(22)44-35-24(11-7-13-27(35)46-26)42(32)33(38)37(30)44/h19-39,43H,5-18H2,1-4H3. The Kier molecular flexibility index (Phi) is 5.20. The van der Waals surface area contributed by atoms with Gasteiger partial charge in [0.15, 0.2) is 6.71 Å². The number of nitrogens with one attached hydrogen (secondary N) is 1. The van der Waals surface area contributed by atoms with E-state index in [1.165, 1.54) is 83.5 Å². The Balaban J connectivity index is 1.07. The lowest BCUT2D eigenvalue weighted by Gasteiger charge is -2.76. The molecule has 0 aromatic rings. The van der Waals surface area contributed by atoms with Gasteiger partial charge in [0.2, 0.25) is 0 Å². The maximum absolute atomic E-state index is 7.43. The molecule has 0 aromatic heterocycles. The minimum Gasteiger partial charge on any atom is -0.372 e. The fourth-order valence-corrected chi connectivity index (χ4v) is 19.9. The van der Waals surface area contributed by atoms with Crippen LogP contribution in [0, 0.1) is 64.1 Å². The summed E-state index contributed by atoms with van der Waals surface area (Å²) in [5.74, 6) is 11.2. The number of nitrogens with zero attached hydrogens (tertiary/aromatic N) is 2. The maximum Gasteiger partial charge on any atom is 0.157 e. The van der Waals surface area contributed by atoms with Gasteiger partial charge in [0.1, 0.15) is 0 Å². The van der Waals surface area contributed by atoms with Gasteiger partial charge in [0.05, 0.1) is 18.4 Å². The van der Waals surface area contributed by atoms with Gasteiger partial charge in [-0.15, -0.1) is 0 Å². The normalized spacial score (nSPS) is 69.4. The summed E-state index contributed by atoms with van der Waals surface area (Å²) in [5.41, 5.74) is 1.18. The van der Waals surface area contributed by atoms with Crippen molar-refractivity contribution in [1.82, 2.24) is 15.1 Å². The van der Waals surface area contributed by atoms with Crippen molar-refractivity contribution in [3.8, 4) is 0 Å². The predicted octanol–water partition coefficient (Wildman–Crippen LogP) is 7.31. The number of hydrogen-bond donors (Lipinski definition) is 1. The van der Waals surface area contributed by atoms with E-state index in [4.69, 9.17) is 10.1 Å². The fraction of sp³-hybridized carbons (Fsp3) is 1.00. The summed E-state index contributed by atoms with van der Waals surface area (Å²) < 4.78 is 7.43. The van der Waals surface area contributed by atoms with E-state index in [0.717, 1.165) is 114 Å². The molecule has 8 saturated carbocycles. The summed E-state index contributed by atoms with van der Waals surface area (Å²) in [4.78, 5) is 6.84. The van der Waals surface area contributed by atoms with Crippen LogP contribution in [0.5, 0.6) is 0 Å². The molecule has 5 heteroatoms. The highest BCUT2D eigenvalue weighted by molar-refractivity contribution is 6.65. The molecule has 2 bridgehead atoms. The topological polar surface area (TPSA) is 27.7 Å². The molecular weight excluding hydrogens is 561 g/mol. The lowest BCUT2D eigenvalue weighted by molar-refractivity contribution is -0.198. The molecule has 0 radical (unpaired) electrons. The number of piperidine rings is 1. The predicted molar refractivity (Wildman–Crippen MR) is 183 cm³/mol. The molecule has 6 saturated heterocycles. The molecule has 46 heavy (non-hydrogen) atoms. The molecule has 1 N–H and O–H groups in total. The van der Waals surface area contributed by atoms with Crippen LogP contribution >= 0.6 is 0 Å². The van der Waals surface area contributed by atoms with Crippen LogP contribution in [0.4, 0.5) is 0 Å². The minimum atomic E-state index is 0.542. The number of ether oxygens (including phenoxy) is 1. The van der Waals surface area contributed by atoms with E-state index in [2.05, 4.69) is 37.5 Å². The smallest absolute Gasteiger partial charge is 0.157 e. The third-order valence-electron chi connectivity index (χ3n) is 20.7. The third kappa shape index (κ3) is 2.87. The van der Waals surface area contributed by atoms with Crippen molar-refractivity contribution in [3.05, 3.63) is 0 Å². The number of rotatable bonds is 0. The second-order valence-corrected chi connectivity index (χ2v) is 21.5. The molecule has 0 spiro atoms. The summed E-state index contributed by atoms with van der Waals surface area (Å²) in [5, 5.41) is 4.70. The van der Waals surface area contributed by atoms with E-state index in [-0.39, 0.29) is 0 Å². The van der Waals surface area contributed by atoms with E-state index < -0.39 is 0 Å². The highest BCUT2D eigenvalue weighted by Gasteiger charge is 2.80. The maximum atomic E-state index is 7.43. The Morgan fingerprint density at radius 2 is 1.37 bits per heavy atom. The Labute approximate surface area is 279 Å². The Morgan fingerprint density at radius 1 is 0.674 bits per heavy atom. The van der Waals surface area contributed by atoms with Gasteiger partial charge in [-0.05, 0) is 139 Å². The summed E-state index contributed by atoms with van der Waals surface area (Å²) in [6.45, 7) is 12.2. The molecule has 21 unspecified atom stereocenters. The van der Waals surface area contributed by atoms with Crippen LogP contribution in [-0.2, 0) is 4.74 Å². The summed E-state index contributed by atoms with van der Waals surface area (Å²) in [6.07, 6.45) is 22.5. The first-order valence-electron chi connectivity index (χ1n) is 21.3. The molecule has 14 fully saturated rings. The summed E-state index contributed by atoms with van der Waals surface area (Å²) >= 11 is 0. The molecule has 250 valence electrons. The molecular formula is C41H62BN3O. The zero-order chi connectivity index (χ0) is 30.2. The molecule has 6 heterocycles. The average Bonchev–Trinajstić information content (AvgIpc) is 3.62. The van der Waals surface area contributed by atoms with Gasteiger partial charge in [-0.1, -0.05) is 59.8 Å². The largest absolute Gasteiger partial charge is 0.372 e. The molecule has 0 amide bonds. The van der Waals surface area contributed by atoms with Crippen LogP contribution < -0.4 is 5.32 Å². The molecule has 4 nitrogen and oxygen atoms in total. The monoisotopic (exact) mass is 623 g/mol. The van der Waals surface area contributed by atoms with Crippen molar-refractivity contribution in [2.45, 2.75) is 190 Å². The van der Waals surface area contributed by atoms with Crippen LogP contribution in [0.2, 0.25) is 17.5 Å². The lowest BCUT2D eigenvalue weighted by Crippen LogP contribution is -2.81. The van der Waals surface area contributed by atoms with Crippen molar-refractivity contribution >= 4 is 6.71 Å². The summed E-state index contributed by atoms with van der Waals surface area (Å²) in [7, 11) is 0. The second kappa shape index (κ2) is 8.67. The average molecular weight is 624 g/mol. The molecule has 14 aliphatic rings. The Hall–Kier alpha value is -0.0951. The molecule has 21 atom stereocenters. The van der Waals surface area contributed by atoms with E-state index in [1.807, 2.05) is 0 Å². The highest BCUT2D eigenvalue weighted by atomic mass is 16.5. The second-order valence-electron chi connectivity index (χ2n) is 21.5. The zero-order valence-electron chi connectivity index (χ0n) is 29.4. The quantitative estimate of drug-likeness (QED) is 0.287. The number of fused-ring (bicyclic) bond motifs is 8. The van der Waals surface area contributed by atoms with Crippen LogP contribution in [0.3, 0.4) is 0 Å². The lowest BCUT2D eigenvalue weighted by atomic mass is 9.14. The highest BCUT2D eigenvalue weighted by Crippen LogP contribution is 2.77. The van der Waals surface area contributed by atoms with Crippen LogP contribution in [0.1, 0.15) is 118 Å². The molecule has 8 aliphatic carbocycles.